The van der Waals surface area contributed by atoms with Crippen LogP contribution in [-0.2, 0) is 11.3 Å². The van der Waals surface area contributed by atoms with Crippen molar-refractivity contribution in [1.29, 1.82) is 0 Å². The van der Waals surface area contributed by atoms with E-state index in [1.807, 2.05) is 0 Å². The maximum absolute atomic E-state index is 11.4. The largest absolute Gasteiger partial charge is 0.442 e. The van der Waals surface area contributed by atoms with Crippen LogP contribution in [0.1, 0.15) is 26.3 Å². The molecule has 0 aliphatic rings. The summed E-state index contributed by atoms with van der Waals surface area (Å²) in [7, 11) is 0. The molecule has 0 radical (unpaired) electrons. The van der Waals surface area contributed by atoms with E-state index in [0.717, 1.165) is 5.56 Å². The van der Waals surface area contributed by atoms with Gasteiger partial charge in [0, 0.05) is 12.4 Å². The van der Waals surface area contributed by atoms with E-state index in [0.29, 0.717) is 5.06 Å². The second-order valence-corrected chi connectivity index (χ2v) is 4.39. The van der Waals surface area contributed by atoms with Gasteiger partial charge in [-0.05, 0) is 38.5 Å². The highest BCUT2D eigenvalue weighted by Gasteiger charge is 2.20. The number of nitrogens with zero attached hydrogens (tertiary/aromatic N) is 2. The molecule has 0 bridgehead atoms. The topological polar surface area (TPSA) is 62.7 Å². The van der Waals surface area contributed by atoms with Gasteiger partial charge < -0.3 is 4.74 Å². The number of amides is 1. The molecule has 88 valence electrons. The zero-order valence-electron chi connectivity index (χ0n) is 9.67. The van der Waals surface area contributed by atoms with Gasteiger partial charge in [0.25, 0.3) is 0 Å². The Morgan fingerprint density at radius 3 is 2.50 bits per heavy atom. The van der Waals surface area contributed by atoms with Crippen LogP contribution >= 0.6 is 0 Å². The minimum Gasteiger partial charge on any atom is -0.442 e. The van der Waals surface area contributed by atoms with Gasteiger partial charge in [0.2, 0.25) is 0 Å². The fourth-order valence-electron chi connectivity index (χ4n) is 1.04. The molecule has 0 atom stereocenters. The first-order chi connectivity index (χ1) is 7.38. The van der Waals surface area contributed by atoms with Crippen molar-refractivity contribution in [3.8, 4) is 0 Å². The van der Waals surface area contributed by atoms with Crippen LogP contribution in [0.15, 0.2) is 24.5 Å². The summed E-state index contributed by atoms with van der Waals surface area (Å²) in [5.74, 6) is 0. The lowest BCUT2D eigenvalue weighted by atomic mass is 10.2. The van der Waals surface area contributed by atoms with Crippen LogP contribution in [0.5, 0.6) is 0 Å². The summed E-state index contributed by atoms with van der Waals surface area (Å²) in [6, 6.07) is 3.43. The van der Waals surface area contributed by atoms with E-state index in [9.17, 15) is 10.0 Å². The number of hydroxylamine groups is 2. The molecule has 1 aromatic rings. The Hall–Kier alpha value is -1.62. The number of pyridine rings is 1. The SMILES string of the molecule is CC(C)(C)OC(=O)N(O)Cc1ccncc1. The predicted octanol–water partition coefficient (Wildman–Crippen LogP) is 2.21. The van der Waals surface area contributed by atoms with Gasteiger partial charge in [-0.3, -0.25) is 10.2 Å². The van der Waals surface area contributed by atoms with E-state index in [1.54, 1.807) is 45.3 Å². The van der Waals surface area contributed by atoms with Crippen LogP contribution in [0.2, 0.25) is 0 Å². The van der Waals surface area contributed by atoms with E-state index in [1.165, 1.54) is 0 Å². The fraction of sp³-hybridized carbons (Fsp3) is 0.455. The third kappa shape index (κ3) is 4.27. The minimum atomic E-state index is -0.760. The van der Waals surface area contributed by atoms with Crippen molar-refractivity contribution < 1.29 is 14.7 Å². The number of carbonyl (C=O) groups is 1. The smallest absolute Gasteiger partial charge is 0.434 e. The molecule has 1 amide bonds. The van der Waals surface area contributed by atoms with Crippen LogP contribution in [0, 0.1) is 0 Å². The van der Waals surface area contributed by atoms with Gasteiger partial charge >= 0.3 is 6.09 Å². The van der Waals surface area contributed by atoms with Gasteiger partial charge in [0.15, 0.2) is 0 Å². The summed E-state index contributed by atoms with van der Waals surface area (Å²) in [5.41, 5.74) is 0.166. The quantitative estimate of drug-likeness (QED) is 0.618. The van der Waals surface area contributed by atoms with E-state index >= 15 is 0 Å². The van der Waals surface area contributed by atoms with Gasteiger partial charge in [-0.2, -0.15) is 5.06 Å². The standard InChI is InChI=1S/C11H16N2O3/c1-11(2,3)16-10(14)13(15)8-9-4-6-12-7-5-9/h4-7,15H,8H2,1-3H3. The van der Waals surface area contributed by atoms with Crippen molar-refractivity contribution in [3.05, 3.63) is 30.1 Å². The highest BCUT2D eigenvalue weighted by atomic mass is 16.6. The predicted molar refractivity (Wildman–Crippen MR) is 57.8 cm³/mol. The first-order valence-corrected chi connectivity index (χ1v) is 4.97. The lowest BCUT2D eigenvalue weighted by molar-refractivity contribution is -0.0998. The Bertz CT molecular complexity index is 346. The molecular formula is C11H16N2O3. The molecule has 5 nitrogen and oxygen atoms in total. The van der Waals surface area contributed by atoms with Crippen molar-refractivity contribution in [2.24, 2.45) is 0 Å². The van der Waals surface area contributed by atoms with Crippen LogP contribution in [0.4, 0.5) is 4.79 Å². The first-order valence-electron chi connectivity index (χ1n) is 4.97. The van der Waals surface area contributed by atoms with Gasteiger partial charge in [0.1, 0.15) is 5.60 Å². The molecule has 1 rings (SSSR count). The molecule has 5 heteroatoms. The molecule has 0 aromatic carbocycles. The van der Waals surface area contributed by atoms with Gasteiger partial charge in [0.05, 0.1) is 6.54 Å². The summed E-state index contributed by atoms with van der Waals surface area (Å²) in [4.78, 5) is 15.2. The Morgan fingerprint density at radius 2 is 2.00 bits per heavy atom. The Kier molecular flexibility index (Phi) is 3.84. The lowest BCUT2D eigenvalue weighted by Crippen LogP contribution is -2.34. The molecule has 16 heavy (non-hydrogen) atoms. The number of hydrogen-bond donors (Lipinski definition) is 1. The van der Waals surface area contributed by atoms with E-state index in [4.69, 9.17) is 4.74 Å². The Balaban J connectivity index is 2.53. The lowest BCUT2D eigenvalue weighted by Gasteiger charge is -2.23. The highest BCUT2D eigenvalue weighted by molar-refractivity contribution is 5.66. The van der Waals surface area contributed by atoms with E-state index in [2.05, 4.69) is 4.98 Å². The average molecular weight is 224 g/mol. The number of ether oxygens (including phenoxy) is 1. The second kappa shape index (κ2) is 4.94. The van der Waals surface area contributed by atoms with E-state index < -0.39 is 11.7 Å². The highest BCUT2D eigenvalue weighted by Crippen LogP contribution is 2.10. The van der Waals surface area contributed by atoms with Crippen LogP contribution in [-0.4, -0.2) is 26.9 Å². The molecule has 0 aliphatic heterocycles. The average Bonchev–Trinajstić information content (AvgIpc) is 2.16. The van der Waals surface area contributed by atoms with Crippen LogP contribution in [0.25, 0.3) is 0 Å². The van der Waals surface area contributed by atoms with E-state index in [-0.39, 0.29) is 6.54 Å². The Labute approximate surface area is 94.6 Å². The van der Waals surface area contributed by atoms with Crippen molar-refractivity contribution >= 4 is 6.09 Å². The van der Waals surface area contributed by atoms with Crippen LogP contribution in [0.3, 0.4) is 0 Å². The van der Waals surface area contributed by atoms with Crippen LogP contribution < -0.4 is 0 Å². The molecule has 1 heterocycles. The number of rotatable bonds is 2. The van der Waals surface area contributed by atoms with Gasteiger partial charge in [-0.25, -0.2) is 4.79 Å². The van der Waals surface area contributed by atoms with Crippen molar-refractivity contribution in [2.75, 3.05) is 0 Å². The summed E-state index contributed by atoms with van der Waals surface area (Å²) >= 11 is 0. The normalized spacial score (nSPS) is 11.0. The summed E-state index contributed by atoms with van der Waals surface area (Å²) in [5, 5.41) is 10.0. The number of carbonyl (C=O) groups excluding carboxylic acids is 1. The molecular weight excluding hydrogens is 208 g/mol. The molecule has 0 aliphatic carbocycles. The minimum absolute atomic E-state index is 0.0808. The molecule has 1 N–H and O–H groups in total. The van der Waals surface area contributed by atoms with Crippen molar-refractivity contribution in [2.45, 2.75) is 32.9 Å². The third-order valence-electron chi connectivity index (χ3n) is 1.69. The zero-order valence-corrected chi connectivity index (χ0v) is 9.67. The first kappa shape index (κ1) is 12.4. The number of aromatic nitrogens is 1. The van der Waals surface area contributed by atoms with Gasteiger partial charge in [-0.15, -0.1) is 0 Å². The third-order valence-corrected chi connectivity index (χ3v) is 1.69. The monoisotopic (exact) mass is 224 g/mol. The maximum Gasteiger partial charge on any atom is 0.434 e. The number of hydrogen-bond acceptors (Lipinski definition) is 4. The summed E-state index contributed by atoms with van der Waals surface area (Å²) in [6.07, 6.45) is 2.43. The molecule has 0 spiro atoms. The second-order valence-electron chi connectivity index (χ2n) is 4.39. The maximum atomic E-state index is 11.4. The molecule has 0 fully saturated rings. The molecule has 1 aromatic heterocycles. The summed E-state index contributed by atoms with van der Waals surface area (Å²) in [6.45, 7) is 5.30. The molecule has 0 unspecified atom stereocenters. The summed E-state index contributed by atoms with van der Waals surface area (Å²) < 4.78 is 4.99. The van der Waals surface area contributed by atoms with Gasteiger partial charge in [-0.1, -0.05) is 0 Å². The molecule has 0 saturated heterocycles. The molecule has 0 saturated carbocycles. The van der Waals surface area contributed by atoms with Crippen molar-refractivity contribution in [1.82, 2.24) is 10.0 Å². The Morgan fingerprint density at radius 1 is 1.44 bits per heavy atom. The zero-order chi connectivity index (χ0) is 12.2. The van der Waals surface area contributed by atoms with Crippen molar-refractivity contribution in [3.63, 3.8) is 0 Å². The fourth-order valence-corrected chi connectivity index (χ4v) is 1.04.